The van der Waals surface area contributed by atoms with Gasteiger partial charge in [0.25, 0.3) is 0 Å². The first kappa shape index (κ1) is 10.2. The second kappa shape index (κ2) is 4.49. The molecule has 4 heteroatoms. The third-order valence-electron chi connectivity index (χ3n) is 2.75. The molecule has 1 aromatic rings. The highest BCUT2D eigenvalue weighted by atomic mass is 19.1. The molecule has 0 unspecified atom stereocenters. The van der Waals surface area contributed by atoms with Crippen molar-refractivity contribution in [2.45, 2.75) is 12.8 Å². The summed E-state index contributed by atoms with van der Waals surface area (Å²) in [5.74, 6) is -0.638. The van der Waals surface area contributed by atoms with E-state index in [4.69, 9.17) is 0 Å². The quantitative estimate of drug-likeness (QED) is 0.747. The van der Waals surface area contributed by atoms with Crippen LogP contribution < -0.4 is 5.32 Å². The Morgan fingerprint density at radius 3 is 2.87 bits per heavy atom. The average Bonchev–Trinajstić information content (AvgIpc) is 2.30. The number of pyridine rings is 1. The minimum Gasteiger partial charge on any atom is -0.317 e. The van der Waals surface area contributed by atoms with Crippen molar-refractivity contribution in [1.82, 2.24) is 10.3 Å². The molecule has 0 aromatic carbocycles. The van der Waals surface area contributed by atoms with Crippen molar-refractivity contribution < 1.29 is 9.18 Å². The minimum atomic E-state index is -0.513. The van der Waals surface area contributed by atoms with Crippen molar-refractivity contribution in [1.29, 1.82) is 0 Å². The lowest BCUT2D eigenvalue weighted by Gasteiger charge is -2.21. The molecule has 3 nitrogen and oxygen atoms in total. The molecule has 15 heavy (non-hydrogen) atoms. The van der Waals surface area contributed by atoms with Gasteiger partial charge in [-0.1, -0.05) is 0 Å². The largest absolute Gasteiger partial charge is 0.317 e. The van der Waals surface area contributed by atoms with Gasteiger partial charge in [0.15, 0.2) is 11.6 Å². The van der Waals surface area contributed by atoms with Gasteiger partial charge in [0.1, 0.15) is 0 Å². The van der Waals surface area contributed by atoms with Crippen LogP contribution in [-0.2, 0) is 0 Å². The van der Waals surface area contributed by atoms with Crippen molar-refractivity contribution in [3.05, 3.63) is 29.8 Å². The maximum Gasteiger partial charge on any atom is 0.169 e. The number of halogens is 1. The fourth-order valence-electron chi connectivity index (χ4n) is 1.88. The van der Waals surface area contributed by atoms with Crippen LogP contribution in [-0.4, -0.2) is 23.9 Å². The summed E-state index contributed by atoms with van der Waals surface area (Å²) in [6.45, 7) is 1.67. The molecule has 1 saturated heterocycles. The summed E-state index contributed by atoms with van der Waals surface area (Å²) in [6.07, 6.45) is 4.13. The van der Waals surface area contributed by atoms with Gasteiger partial charge in [-0.2, -0.15) is 0 Å². The molecule has 0 spiro atoms. The van der Waals surface area contributed by atoms with Crippen LogP contribution >= 0.6 is 0 Å². The smallest absolute Gasteiger partial charge is 0.169 e. The molecular formula is C11H13FN2O. The number of nitrogens with one attached hydrogen (secondary N) is 1. The fourth-order valence-corrected chi connectivity index (χ4v) is 1.88. The van der Waals surface area contributed by atoms with Gasteiger partial charge in [0.05, 0.1) is 11.8 Å². The number of aromatic nitrogens is 1. The molecule has 2 rings (SSSR count). The zero-order valence-electron chi connectivity index (χ0n) is 8.37. The molecule has 1 fully saturated rings. The molecule has 0 radical (unpaired) electrons. The van der Waals surface area contributed by atoms with Gasteiger partial charge in [-0.15, -0.1) is 0 Å². The van der Waals surface area contributed by atoms with Crippen LogP contribution in [0.2, 0.25) is 0 Å². The molecule has 1 aromatic heterocycles. The maximum absolute atomic E-state index is 13.3. The van der Waals surface area contributed by atoms with Crippen LogP contribution in [0.5, 0.6) is 0 Å². The molecule has 2 heterocycles. The summed E-state index contributed by atoms with van der Waals surface area (Å²) in [7, 11) is 0. The zero-order chi connectivity index (χ0) is 10.7. The summed E-state index contributed by atoms with van der Waals surface area (Å²) in [6, 6.07) is 1.46. The lowest BCUT2D eigenvalue weighted by atomic mass is 9.90. The number of Topliss-reactive ketones (excluding diaryl/α,β-unsaturated/α-hetero) is 1. The number of ketones is 1. The molecule has 0 saturated carbocycles. The molecule has 80 valence electrons. The van der Waals surface area contributed by atoms with Gasteiger partial charge in [-0.3, -0.25) is 9.78 Å². The van der Waals surface area contributed by atoms with Crippen LogP contribution in [0.4, 0.5) is 4.39 Å². The van der Waals surface area contributed by atoms with E-state index in [0.717, 1.165) is 32.1 Å². The number of nitrogens with zero attached hydrogens (tertiary/aromatic N) is 1. The Balaban J connectivity index is 2.16. The van der Waals surface area contributed by atoms with Crippen molar-refractivity contribution >= 4 is 5.78 Å². The molecular weight excluding hydrogens is 195 g/mol. The van der Waals surface area contributed by atoms with Crippen molar-refractivity contribution in [2.24, 2.45) is 5.92 Å². The Hall–Kier alpha value is -1.29. The molecule has 0 bridgehead atoms. The summed E-state index contributed by atoms with van der Waals surface area (Å²) < 4.78 is 13.3. The predicted molar refractivity (Wildman–Crippen MR) is 54.1 cm³/mol. The molecule has 1 aliphatic rings. The standard InChI is InChI=1S/C11H13FN2O/c12-10-7-14-6-3-9(10)11(15)8-1-4-13-5-2-8/h3,6-8,13H,1-2,4-5H2. The van der Waals surface area contributed by atoms with E-state index in [-0.39, 0.29) is 17.3 Å². The highest BCUT2D eigenvalue weighted by Gasteiger charge is 2.24. The van der Waals surface area contributed by atoms with Crippen LogP contribution in [0.3, 0.4) is 0 Å². The van der Waals surface area contributed by atoms with E-state index in [0.29, 0.717) is 0 Å². The Kier molecular flexibility index (Phi) is 3.06. The Morgan fingerprint density at radius 2 is 2.20 bits per heavy atom. The number of carbonyl (C=O) groups excluding carboxylic acids is 1. The molecule has 0 atom stereocenters. The lowest BCUT2D eigenvalue weighted by molar-refractivity contribution is 0.0890. The third-order valence-corrected chi connectivity index (χ3v) is 2.75. The number of piperidine rings is 1. The molecule has 1 aliphatic heterocycles. The summed E-state index contributed by atoms with van der Waals surface area (Å²) in [5, 5.41) is 3.18. The van der Waals surface area contributed by atoms with E-state index < -0.39 is 5.82 Å². The first-order valence-corrected chi connectivity index (χ1v) is 5.13. The Bertz CT molecular complexity index is 361. The van der Waals surface area contributed by atoms with Crippen molar-refractivity contribution in [3.63, 3.8) is 0 Å². The lowest BCUT2D eigenvalue weighted by Crippen LogP contribution is -2.32. The van der Waals surface area contributed by atoms with Gasteiger partial charge in [-0.25, -0.2) is 4.39 Å². The second-order valence-corrected chi connectivity index (χ2v) is 3.74. The maximum atomic E-state index is 13.3. The van der Waals surface area contributed by atoms with E-state index in [1.54, 1.807) is 0 Å². The Morgan fingerprint density at radius 1 is 1.47 bits per heavy atom. The summed E-state index contributed by atoms with van der Waals surface area (Å²) >= 11 is 0. The van der Waals surface area contributed by atoms with Gasteiger partial charge in [0, 0.05) is 12.1 Å². The number of carbonyl (C=O) groups is 1. The number of hydrogen-bond acceptors (Lipinski definition) is 3. The van der Waals surface area contributed by atoms with Crippen molar-refractivity contribution in [3.8, 4) is 0 Å². The van der Waals surface area contributed by atoms with E-state index in [1.165, 1.54) is 12.3 Å². The first-order chi connectivity index (χ1) is 7.29. The first-order valence-electron chi connectivity index (χ1n) is 5.13. The highest BCUT2D eigenvalue weighted by Crippen LogP contribution is 2.19. The van der Waals surface area contributed by atoms with E-state index >= 15 is 0 Å². The third kappa shape index (κ3) is 2.21. The highest BCUT2D eigenvalue weighted by molar-refractivity contribution is 5.98. The second-order valence-electron chi connectivity index (χ2n) is 3.74. The fraction of sp³-hybridized carbons (Fsp3) is 0.455. The van der Waals surface area contributed by atoms with Crippen LogP contribution in [0, 0.1) is 11.7 Å². The SMILES string of the molecule is O=C(c1ccncc1F)C1CCNCC1. The van der Waals surface area contributed by atoms with Gasteiger partial charge in [-0.05, 0) is 32.0 Å². The monoisotopic (exact) mass is 208 g/mol. The van der Waals surface area contributed by atoms with E-state index in [9.17, 15) is 9.18 Å². The summed E-state index contributed by atoms with van der Waals surface area (Å²) in [4.78, 5) is 15.6. The van der Waals surface area contributed by atoms with E-state index in [2.05, 4.69) is 10.3 Å². The van der Waals surface area contributed by atoms with Gasteiger partial charge >= 0.3 is 0 Å². The van der Waals surface area contributed by atoms with Crippen LogP contribution in [0.1, 0.15) is 23.2 Å². The van der Waals surface area contributed by atoms with Crippen molar-refractivity contribution in [2.75, 3.05) is 13.1 Å². The Labute approximate surface area is 87.7 Å². The van der Waals surface area contributed by atoms with Gasteiger partial charge in [0.2, 0.25) is 0 Å². The van der Waals surface area contributed by atoms with Crippen LogP contribution in [0.25, 0.3) is 0 Å². The molecule has 1 N–H and O–H groups in total. The normalized spacial score (nSPS) is 17.7. The van der Waals surface area contributed by atoms with Crippen LogP contribution in [0.15, 0.2) is 18.5 Å². The number of hydrogen-bond donors (Lipinski definition) is 1. The van der Waals surface area contributed by atoms with Gasteiger partial charge < -0.3 is 5.32 Å². The molecule has 0 amide bonds. The zero-order valence-corrected chi connectivity index (χ0v) is 8.37. The minimum absolute atomic E-state index is 0.0388. The predicted octanol–water partition coefficient (Wildman–Crippen LogP) is 1.40. The average molecular weight is 208 g/mol. The van der Waals surface area contributed by atoms with E-state index in [1.807, 2.05) is 0 Å². The summed E-state index contributed by atoms with van der Waals surface area (Å²) in [5.41, 5.74) is 0.178. The topological polar surface area (TPSA) is 42.0 Å². The molecule has 0 aliphatic carbocycles. The number of rotatable bonds is 2.